The molecule has 0 aromatic carbocycles. The fourth-order valence-electron chi connectivity index (χ4n) is 3.71. The summed E-state index contributed by atoms with van der Waals surface area (Å²) in [4.78, 5) is 18.2. The van der Waals surface area contributed by atoms with Gasteiger partial charge < -0.3 is 9.64 Å². The lowest BCUT2D eigenvalue weighted by Gasteiger charge is -2.28. The van der Waals surface area contributed by atoms with E-state index in [9.17, 15) is 4.79 Å². The van der Waals surface area contributed by atoms with E-state index in [0.717, 1.165) is 19.5 Å². The number of amides is 1. The van der Waals surface area contributed by atoms with Gasteiger partial charge in [0.15, 0.2) is 0 Å². The standard InChI is InChI=1S/C16H22N2O2/c1-2-15(19)18-10-13-6-5-8-16(13,11-18)12-20-14-7-3-4-9-17-14/h3-4,7,9,13H,2,5-6,8,10-12H2,1H3/t13-,16+/m1/s1. The first kappa shape index (κ1) is 13.4. The highest BCUT2D eigenvalue weighted by molar-refractivity contribution is 5.76. The van der Waals surface area contributed by atoms with Gasteiger partial charge in [-0.15, -0.1) is 0 Å². The third-order valence-corrected chi connectivity index (χ3v) is 4.84. The average Bonchev–Trinajstić information content (AvgIpc) is 3.02. The van der Waals surface area contributed by atoms with Crippen molar-refractivity contribution in [2.75, 3.05) is 19.7 Å². The number of ether oxygens (including phenoxy) is 1. The number of pyridine rings is 1. The summed E-state index contributed by atoms with van der Waals surface area (Å²) in [6.07, 6.45) is 5.99. The number of hydrogen-bond acceptors (Lipinski definition) is 3. The summed E-state index contributed by atoms with van der Waals surface area (Å²) in [7, 11) is 0. The van der Waals surface area contributed by atoms with E-state index in [0.29, 0.717) is 24.8 Å². The van der Waals surface area contributed by atoms with Crippen LogP contribution in [-0.4, -0.2) is 35.5 Å². The predicted octanol–water partition coefficient (Wildman–Crippen LogP) is 2.50. The minimum Gasteiger partial charge on any atom is -0.477 e. The fourth-order valence-corrected chi connectivity index (χ4v) is 3.71. The minimum atomic E-state index is 0.155. The second-order valence-electron chi connectivity index (χ2n) is 6.04. The van der Waals surface area contributed by atoms with Gasteiger partial charge in [-0.1, -0.05) is 19.4 Å². The van der Waals surface area contributed by atoms with E-state index in [1.165, 1.54) is 12.8 Å². The zero-order valence-electron chi connectivity index (χ0n) is 12.0. The number of carbonyl (C=O) groups is 1. The van der Waals surface area contributed by atoms with Crippen molar-refractivity contribution in [3.63, 3.8) is 0 Å². The van der Waals surface area contributed by atoms with E-state index in [4.69, 9.17) is 4.74 Å². The molecule has 4 nitrogen and oxygen atoms in total. The van der Waals surface area contributed by atoms with Crippen molar-refractivity contribution in [1.29, 1.82) is 0 Å². The molecule has 4 heteroatoms. The Kier molecular flexibility index (Phi) is 3.64. The van der Waals surface area contributed by atoms with E-state index >= 15 is 0 Å². The van der Waals surface area contributed by atoms with Crippen molar-refractivity contribution >= 4 is 5.91 Å². The topological polar surface area (TPSA) is 42.4 Å². The van der Waals surface area contributed by atoms with E-state index in [2.05, 4.69) is 4.98 Å². The van der Waals surface area contributed by atoms with Gasteiger partial charge in [0.05, 0.1) is 6.61 Å². The largest absolute Gasteiger partial charge is 0.477 e. The number of aromatic nitrogens is 1. The lowest BCUT2D eigenvalue weighted by Crippen LogP contribution is -2.35. The summed E-state index contributed by atoms with van der Waals surface area (Å²) >= 11 is 0. The Morgan fingerprint density at radius 2 is 2.45 bits per heavy atom. The molecule has 2 aliphatic rings. The van der Waals surface area contributed by atoms with E-state index in [1.807, 2.05) is 30.0 Å². The van der Waals surface area contributed by atoms with Crippen molar-refractivity contribution in [1.82, 2.24) is 9.88 Å². The Hall–Kier alpha value is -1.58. The molecule has 3 rings (SSSR count). The maximum Gasteiger partial charge on any atom is 0.222 e. The third-order valence-electron chi connectivity index (χ3n) is 4.84. The SMILES string of the molecule is CCC(=O)N1C[C@H]2CCC[C@@]2(COc2ccccn2)C1. The quantitative estimate of drug-likeness (QED) is 0.847. The Bertz CT molecular complexity index is 477. The molecule has 1 aromatic rings. The van der Waals surface area contributed by atoms with Crippen LogP contribution < -0.4 is 4.74 Å². The van der Waals surface area contributed by atoms with E-state index in [1.54, 1.807) is 6.20 Å². The van der Waals surface area contributed by atoms with Gasteiger partial charge in [0.1, 0.15) is 0 Å². The van der Waals surface area contributed by atoms with E-state index in [-0.39, 0.29) is 11.3 Å². The van der Waals surface area contributed by atoms with Crippen molar-refractivity contribution in [3.05, 3.63) is 24.4 Å². The summed E-state index contributed by atoms with van der Waals surface area (Å²) in [5.74, 6) is 1.56. The lowest BCUT2D eigenvalue weighted by atomic mass is 9.81. The molecule has 1 amide bonds. The molecular formula is C16H22N2O2. The number of nitrogens with zero attached hydrogens (tertiary/aromatic N) is 2. The van der Waals surface area contributed by atoms with Crippen LogP contribution in [0.2, 0.25) is 0 Å². The molecule has 108 valence electrons. The van der Waals surface area contributed by atoms with Crippen molar-refractivity contribution < 1.29 is 9.53 Å². The number of carbonyl (C=O) groups excluding carboxylic acids is 1. The van der Waals surface area contributed by atoms with Crippen molar-refractivity contribution in [2.24, 2.45) is 11.3 Å². The maximum atomic E-state index is 11.9. The first-order valence-electron chi connectivity index (χ1n) is 7.55. The second kappa shape index (κ2) is 5.43. The lowest BCUT2D eigenvalue weighted by molar-refractivity contribution is -0.130. The van der Waals surface area contributed by atoms with Gasteiger partial charge in [0.2, 0.25) is 11.8 Å². The molecule has 1 saturated heterocycles. The molecule has 1 saturated carbocycles. The number of hydrogen-bond donors (Lipinski definition) is 0. The highest BCUT2D eigenvalue weighted by atomic mass is 16.5. The molecule has 2 atom stereocenters. The zero-order chi connectivity index (χ0) is 14.0. The van der Waals surface area contributed by atoms with Crippen LogP contribution in [0.15, 0.2) is 24.4 Å². The monoisotopic (exact) mass is 274 g/mol. The number of fused-ring (bicyclic) bond motifs is 1. The van der Waals surface area contributed by atoms with Crippen LogP contribution in [0, 0.1) is 11.3 Å². The van der Waals surface area contributed by atoms with Crippen LogP contribution in [0.5, 0.6) is 5.88 Å². The van der Waals surface area contributed by atoms with Gasteiger partial charge in [-0.05, 0) is 24.8 Å². The van der Waals surface area contributed by atoms with Gasteiger partial charge >= 0.3 is 0 Å². The van der Waals surface area contributed by atoms with Crippen LogP contribution in [0.3, 0.4) is 0 Å². The highest BCUT2D eigenvalue weighted by Gasteiger charge is 2.50. The molecule has 0 bridgehead atoms. The van der Waals surface area contributed by atoms with Gasteiger partial charge in [-0.3, -0.25) is 4.79 Å². The molecule has 2 heterocycles. The normalized spacial score (nSPS) is 28.4. The molecule has 0 N–H and O–H groups in total. The fraction of sp³-hybridized carbons (Fsp3) is 0.625. The van der Waals surface area contributed by atoms with Gasteiger partial charge in [0.25, 0.3) is 0 Å². The van der Waals surface area contributed by atoms with Gasteiger partial charge in [-0.2, -0.15) is 0 Å². The zero-order valence-corrected chi connectivity index (χ0v) is 12.0. The molecule has 0 unspecified atom stereocenters. The molecule has 1 aliphatic carbocycles. The summed E-state index contributed by atoms with van der Waals surface area (Å²) in [6.45, 7) is 4.39. The molecule has 2 fully saturated rings. The Balaban J connectivity index is 1.68. The Morgan fingerprint density at radius 3 is 3.20 bits per heavy atom. The second-order valence-corrected chi connectivity index (χ2v) is 6.04. The minimum absolute atomic E-state index is 0.155. The Labute approximate surface area is 120 Å². The van der Waals surface area contributed by atoms with Gasteiger partial charge in [-0.25, -0.2) is 4.98 Å². The summed E-state index contributed by atoms with van der Waals surface area (Å²) in [6, 6.07) is 5.72. The van der Waals surface area contributed by atoms with Crippen LogP contribution in [0.4, 0.5) is 0 Å². The van der Waals surface area contributed by atoms with Crippen LogP contribution in [-0.2, 0) is 4.79 Å². The van der Waals surface area contributed by atoms with Gasteiger partial charge in [0, 0.05) is 37.2 Å². The summed E-state index contributed by atoms with van der Waals surface area (Å²) < 4.78 is 5.91. The molecular weight excluding hydrogens is 252 g/mol. The molecule has 20 heavy (non-hydrogen) atoms. The Morgan fingerprint density at radius 1 is 1.55 bits per heavy atom. The smallest absolute Gasteiger partial charge is 0.222 e. The first-order valence-corrected chi connectivity index (χ1v) is 7.55. The van der Waals surface area contributed by atoms with E-state index < -0.39 is 0 Å². The third kappa shape index (κ3) is 2.39. The first-order chi connectivity index (χ1) is 9.73. The summed E-state index contributed by atoms with van der Waals surface area (Å²) in [5, 5.41) is 0. The van der Waals surface area contributed by atoms with Crippen molar-refractivity contribution in [2.45, 2.75) is 32.6 Å². The van der Waals surface area contributed by atoms with Crippen LogP contribution in [0.25, 0.3) is 0 Å². The predicted molar refractivity (Wildman–Crippen MR) is 76.4 cm³/mol. The number of rotatable bonds is 4. The molecule has 0 radical (unpaired) electrons. The molecule has 0 spiro atoms. The molecule has 1 aromatic heterocycles. The van der Waals surface area contributed by atoms with Crippen LogP contribution >= 0.6 is 0 Å². The van der Waals surface area contributed by atoms with Crippen LogP contribution in [0.1, 0.15) is 32.6 Å². The summed E-state index contributed by atoms with van der Waals surface area (Å²) in [5.41, 5.74) is 0.155. The highest BCUT2D eigenvalue weighted by Crippen LogP contribution is 2.48. The number of likely N-dealkylation sites (tertiary alicyclic amines) is 1. The average molecular weight is 274 g/mol. The molecule has 1 aliphatic heterocycles. The van der Waals surface area contributed by atoms with Crippen molar-refractivity contribution in [3.8, 4) is 5.88 Å². The maximum absolute atomic E-state index is 11.9.